The maximum atomic E-state index is 12.2. The van der Waals surface area contributed by atoms with E-state index in [0.717, 1.165) is 31.1 Å². The second-order valence-corrected chi connectivity index (χ2v) is 5.46. The van der Waals surface area contributed by atoms with Crippen LogP contribution in [-0.4, -0.2) is 33.9 Å². The van der Waals surface area contributed by atoms with Gasteiger partial charge in [0, 0.05) is 13.1 Å². The second kappa shape index (κ2) is 5.41. The summed E-state index contributed by atoms with van der Waals surface area (Å²) in [7, 11) is 0. The molecule has 0 aromatic carbocycles. The molecule has 1 amide bonds. The van der Waals surface area contributed by atoms with Crippen molar-refractivity contribution in [2.24, 2.45) is 0 Å². The third-order valence-corrected chi connectivity index (χ3v) is 4.17. The summed E-state index contributed by atoms with van der Waals surface area (Å²) in [4.78, 5) is 26.7. The molecule has 3 N–H and O–H groups in total. The molecule has 0 radical (unpaired) electrons. The fraction of sp³-hybridized carbons (Fsp3) is 0.333. The summed E-state index contributed by atoms with van der Waals surface area (Å²) in [5.41, 5.74) is 6.38. The van der Waals surface area contributed by atoms with Crippen molar-refractivity contribution in [2.45, 2.75) is 12.8 Å². The number of aromatic nitrogens is 3. The minimum Gasteiger partial charge on any atom is -0.382 e. The topological polar surface area (TPSA) is 97.0 Å². The van der Waals surface area contributed by atoms with Crippen molar-refractivity contribution in [1.82, 2.24) is 15.0 Å². The second-order valence-electron chi connectivity index (χ2n) is 4.49. The van der Waals surface area contributed by atoms with Crippen molar-refractivity contribution < 1.29 is 4.79 Å². The van der Waals surface area contributed by atoms with E-state index in [2.05, 4.69) is 25.2 Å². The molecule has 8 heteroatoms. The lowest BCUT2D eigenvalue weighted by atomic mass is 10.4. The number of nitrogen functional groups attached to an aromatic ring is 1. The minimum atomic E-state index is -0.278. The highest BCUT2D eigenvalue weighted by atomic mass is 32.1. The van der Waals surface area contributed by atoms with Gasteiger partial charge in [-0.3, -0.25) is 4.79 Å². The van der Waals surface area contributed by atoms with Crippen molar-refractivity contribution in [3.63, 3.8) is 0 Å². The highest BCUT2D eigenvalue weighted by Crippen LogP contribution is 2.30. The molecule has 0 spiro atoms. The van der Waals surface area contributed by atoms with Crippen LogP contribution in [-0.2, 0) is 0 Å². The Morgan fingerprint density at radius 3 is 2.70 bits per heavy atom. The van der Waals surface area contributed by atoms with Gasteiger partial charge in [0.05, 0.1) is 18.1 Å². The van der Waals surface area contributed by atoms with Crippen molar-refractivity contribution in [3.8, 4) is 0 Å². The van der Waals surface area contributed by atoms with Crippen molar-refractivity contribution >= 4 is 33.9 Å². The molecular formula is C12H14N6OS. The van der Waals surface area contributed by atoms with Crippen LogP contribution in [0.2, 0.25) is 0 Å². The first-order valence-corrected chi connectivity index (χ1v) is 7.13. The number of nitrogens with one attached hydrogen (secondary N) is 1. The van der Waals surface area contributed by atoms with Gasteiger partial charge in [-0.2, -0.15) is 0 Å². The van der Waals surface area contributed by atoms with Crippen LogP contribution in [0.4, 0.5) is 16.6 Å². The van der Waals surface area contributed by atoms with Gasteiger partial charge in [-0.15, -0.1) is 0 Å². The molecule has 0 unspecified atom stereocenters. The first-order valence-electron chi connectivity index (χ1n) is 6.31. The molecule has 1 aliphatic rings. The van der Waals surface area contributed by atoms with Gasteiger partial charge in [-0.05, 0) is 12.8 Å². The van der Waals surface area contributed by atoms with Crippen LogP contribution in [0.1, 0.15) is 22.5 Å². The molecule has 1 aliphatic heterocycles. The fourth-order valence-corrected chi connectivity index (χ4v) is 3.01. The maximum Gasteiger partial charge on any atom is 0.269 e. The van der Waals surface area contributed by atoms with Crippen LogP contribution >= 0.6 is 11.3 Å². The Kier molecular flexibility index (Phi) is 3.46. The van der Waals surface area contributed by atoms with Crippen molar-refractivity contribution in [2.75, 3.05) is 29.0 Å². The maximum absolute atomic E-state index is 12.2. The Bertz CT molecular complexity index is 608. The molecule has 0 atom stereocenters. The molecule has 0 aliphatic carbocycles. The Hall–Kier alpha value is -2.22. The first kappa shape index (κ1) is 12.8. The van der Waals surface area contributed by atoms with Crippen LogP contribution in [0.5, 0.6) is 0 Å². The zero-order valence-electron chi connectivity index (χ0n) is 10.7. The number of thiazole rings is 1. The molecule has 1 fully saturated rings. The number of hydrogen-bond acceptors (Lipinski definition) is 7. The monoisotopic (exact) mass is 290 g/mol. The highest BCUT2D eigenvalue weighted by molar-refractivity contribution is 7.18. The number of carbonyl (C=O) groups is 1. The van der Waals surface area contributed by atoms with Gasteiger partial charge in [0.15, 0.2) is 5.13 Å². The Morgan fingerprint density at radius 2 is 2.00 bits per heavy atom. The lowest BCUT2D eigenvalue weighted by Gasteiger charge is -2.11. The van der Waals surface area contributed by atoms with Gasteiger partial charge in [0.2, 0.25) is 0 Å². The molecule has 104 valence electrons. The quantitative estimate of drug-likeness (QED) is 0.886. The largest absolute Gasteiger partial charge is 0.382 e. The molecular weight excluding hydrogens is 276 g/mol. The van der Waals surface area contributed by atoms with Gasteiger partial charge in [0.1, 0.15) is 17.0 Å². The summed E-state index contributed by atoms with van der Waals surface area (Å²) in [6.45, 7) is 1.95. The zero-order valence-corrected chi connectivity index (χ0v) is 11.6. The molecule has 20 heavy (non-hydrogen) atoms. The summed E-state index contributed by atoms with van der Waals surface area (Å²) >= 11 is 1.32. The predicted octanol–water partition coefficient (Wildman–Crippen LogP) is 1.37. The Labute approximate surface area is 119 Å². The number of nitrogens with zero attached hydrogens (tertiary/aromatic N) is 4. The van der Waals surface area contributed by atoms with Gasteiger partial charge in [-0.1, -0.05) is 11.3 Å². The van der Waals surface area contributed by atoms with E-state index >= 15 is 0 Å². The number of hydrogen-bond donors (Lipinski definition) is 2. The summed E-state index contributed by atoms with van der Waals surface area (Å²) in [5, 5.41) is 3.53. The summed E-state index contributed by atoms with van der Waals surface area (Å²) in [6, 6.07) is 0. The molecule has 2 aromatic heterocycles. The summed E-state index contributed by atoms with van der Waals surface area (Å²) in [5.74, 6) is -0.00787. The standard InChI is InChI=1S/C12H14N6OS/c13-10-9(11(19)16-8-5-14-7-15-6-8)20-12(17-10)18-3-1-2-4-18/h5-7H,1-4,13H2,(H,16,19). The van der Waals surface area contributed by atoms with E-state index in [1.165, 1.54) is 30.1 Å². The molecule has 0 bridgehead atoms. The van der Waals surface area contributed by atoms with Gasteiger partial charge in [0.25, 0.3) is 5.91 Å². The van der Waals surface area contributed by atoms with Crippen molar-refractivity contribution in [1.29, 1.82) is 0 Å². The SMILES string of the molecule is Nc1nc(N2CCCC2)sc1C(=O)Nc1cncnc1. The number of carbonyl (C=O) groups excluding carboxylic acids is 1. The number of rotatable bonds is 3. The van der Waals surface area contributed by atoms with Crippen LogP contribution in [0.15, 0.2) is 18.7 Å². The third-order valence-electron chi connectivity index (χ3n) is 3.04. The van der Waals surface area contributed by atoms with E-state index in [0.29, 0.717) is 10.6 Å². The highest BCUT2D eigenvalue weighted by Gasteiger charge is 2.21. The van der Waals surface area contributed by atoms with E-state index in [1.54, 1.807) is 0 Å². The van der Waals surface area contributed by atoms with Gasteiger partial charge < -0.3 is 16.0 Å². The average Bonchev–Trinajstić information content (AvgIpc) is 3.08. The van der Waals surface area contributed by atoms with E-state index in [9.17, 15) is 4.79 Å². The van der Waals surface area contributed by atoms with Crippen LogP contribution in [0, 0.1) is 0 Å². The predicted molar refractivity (Wildman–Crippen MR) is 78.0 cm³/mol. The Morgan fingerprint density at radius 1 is 1.30 bits per heavy atom. The smallest absolute Gasteiger partial charge is 0.269 e. The Balaban J connectivity index is 1.77. The van der Waals surface area contributed by atoms with E-state index < -0.39 is 0 Å². The lowest BCUT2D eigenvalue weighted by Crippen LogP contribution is -2.17. The minimum absolute atomic E-state index is 0.270. The van der Waals surface area contributed by atoms with Crippen LogP contribution in [0.25, 0.3) is 0 Å². The van der Waals surface area contributed by atoms with Crippen molar-refractivity contribution in [3.05, 3.63) is 23.6 Å². The first-order chi connectivity index (χ1) is 9.74. The van der Waals surface area contributed by atoms with E-state index in [-0.39, 0.29) is 11.7 Å². The summed E-state index contributed by atoms with van der Waals surface area (Å²) in [6.07, 6.45) is 6.78. The normalized spacial score (nSPS) is 14.5. The average molecular weight is 290 g/mol. The van der Waals surface area contributed by atoms with Crippen LogP contribution in [0.3, 0.4) is 0 Å². The fourth-order valence-electron chi connectivity index (χ4n) is 2.08. The van der Waals surface area contributed by atoms with E-state index in [4.69, 9.17) is 5.73 Å². The number of amides is 1. The zero-order chi connectivity index (χ0) is 13.9. The summed E-state index contributed by atoms with van der Waals surface area (Å²) < 4.78 is 0. The molecule has 7 nitrogen and oxygen atoms in total. The van der Waals surface area contributed by atoms with Crippen LogP contribution < -0.4 is 16.0 Å². The van der Waals surface area contributed by atoms with Gasteiger partial charge in [-0.25, -0.2) is 15.0 Å². The molecule has 0 saturated carbocycles. The van der Waals surface area contributed by atoms with E-state index in [1.807, 2.05) is 0 Å². The number of anilines is 3. The lowest BCUT2D eigenvalue weighted by molar-refractivity contribution is 0.103. The number of nitrogens with two attached hydrogens (primary N) is 1. The van der Waals surface area contributed by atoms with Gasteiger partial charge >= 0.3 is 0 Å². The molecule has 3 rings (SSSR count). The molecule has 2 aromatic rings. The third kappa shape index (κ3) is 2.55. The molecule has 1 saturated heterocycles. The molecule has 3 heterocycles.